The molecule has 1 aromatic heterocycles. The van der Waals surface area contributed by atoms with Crippen LogP contribution in [0.4, 0.5) is 0 Å². The zero-order valence-electron chi connectivity index (χ0n) is 13.9. The number of rotatable bonds is 6. The number of methoxy groups -OCH3 is 1. The minimum atomic E-state index is -0.0882. The summed E-state index contributed by atoms with van der Waals surface area (Å²) in [5, 5.41) is 9.05. The summed E-state index contributed by atoms with van der Waals surface area (Å²) in [6, 6.07) is 7.70. The number of hydrogen-bond donors (Lipinski definition) is 2. The van der Waals surface area contributed by atoms with Crippen molar-refractivity contribution in [3.05, 3.63) is 35.3 Å². The molecule has 5 nitrogen and oxygen atoms in total. The molecule has 0 radical (unpaired) electrons. The number of benzene rings is 1. The summed E-state index contributed by atoms with van der Waals surface area (Å²) in [5.74, 6) is 1.39. The standard InChI is InChI=1S/C18H23N3O2S/c1-23-15-6-4-14(5-7-15)18-21-16(12-24-18)17(22)20-10-8-13-3-2-9-19-11-13/h4-7,12-13,19H,2-3,8-11H2,1H3,(H,20,22). The van der Waals surface area contributed by atoms with Crippen LogP contribution < -0.4 is 15.4 Å². The van der Waals surface area contributed by atoms with Crippen molar-refractivity contribution in [3.8, 4) is 16.3 Å². The summed E-state index contributed by atoms with van der Waals surface area (Å²) in [6.45, 7) is 2.89. The van der Waals surface area contributed by atoms with Gasteiger partial charge in [0.2, 0.25) is 0 Å². The molecule has 1 fully saturated rings. The Hall–Kier alpha value is -1.92. The zero-order valence-corrected chi connectivity index (χ0v) is 14.7. The van der Waals surface area contributed by atoms with Crippen LogP contribution in [-0.4, -0.2) is 37.6 Å². The average molecular weight is 345 g/mol. The fourth-order valence-corrected chi connectivity index (χ4v) is 3.70. The van der Waals surface area contributed by atoms with Crippen LogP contribution in [0.3, 0.4) is 0 Å². The van der Waals surface area contributed by atoms with Gasteiger partial charge in [-0.15, -0.1) is 11.3 Å². The van der Waals surface area contributed by atoms with Gasteiger partial charge >= 0.3 is 0 Å². The highest BCUT2D eigenvalue weighted by atomic mass is 32.1. The summed E-state index contributed by atoms with van der Waals surface area (Å²) in [7, 11) is 1.64. The lowest BCUT2D eigenvalue weighted by Gasteiger charge is -2.22. The van der Waals surface area contributed by atoms with Crippen molar-refractivity contribution in [1.82, 2.24) is 15.6 Å². The summed E-state index contributed by atoms with van der Waals surface area (Å²) in [4.78, 5) is 16.7. The number of thiazole rings is 1. The quantitative estimate of drug-likeness (QED) is 0.845. The van der Waals surface area contributed by atoms with Gasteiger partial charge < -0.3 is 15.4 Å². The van der Waals surface area contributed by atoms with E-state index in [1.54, 1.807) is 7.11 Å². The van der Waals surface area contributed by atoms with Gasteiger partial charge in [-0.25, -0.2) is 4.98 Å². The highest BCUT2D eigenvalue weighted by Crippen LogP contribution is 2.25. The van der Waals surface area contributed by atoms with Crippen LogP contribution >= 0.6 is 11.3 Å². The van der Waals surface area contributed by atoms with Crippen molar-refractivity contribution in [2.45, 2.75) is 19.3 Å². The number of carbonyl (C=O) groups is 1. The number of piperidine rings is 1. The van der Waals surface area contributed by atoms with Gasteiger partial charge in [0.15, 0.2) is 0 Å². The van der Waals surface area contributed by atoms with Gasteiger partial charge in [0, 0.05) is 17.5 Å². The Kier molecular flexibility index (Phi) is 5.82. The van der Waals surface area contributed by atoms with Gasteiger partial charge in [0.1, 0.15) is 16.5 Å². The topological polar surface area (TPSA) is 63.2 Å². The Labute approximate surface area is 146 Å². The Morgan fingerprint density at radius 3 is 2.96 bits per heavy atom. The number of carbonyl (C=O) groups excluding carboxylic acids is 1. The lowest BCUT2D eigenvalue weighted by atomic mass is 9.96. The summed E-state index contributed by atoms with van der Waals surface area (Å²) >= 11 is 1.48. The molecule has 2 heterocycles. The third-order valence-corrected chi connectivity index (χ3v) is 5.20. The second-order valence-corrected chi connectivity index (χ2v) is 6.88. The largest absolute Gasteiger partial charge is 0.497 e. The third-order valence-electron chi connectivity index (χ3n) is 4.31. The zero-order chi connectivity index (χ0) is 16.8. The van der Waals surface area contributed by atoms with E-state index < -0.39 is 0 Å². The lowest BCUT2D eigenvalue weighted by Crippen LogP contribution is -2.33. The van der Waals surface area contributed by atoms with E-state index >= 15 is 0 Å². The highest BCUT2D eigenvalue weighted by Gasteiger charge is 2.15. The summed E-state index contributed by atoms with van der Waals surface area (Å²) < 4.78 is 5.16. The van der Waals surface area contributed by atoms with Gasteiger partial charge in [-0.1, -0.05) is 0 Å². The molecule has 24 heavy (non-hydrogen) atoms. The average Bonchev–Trinajstić information content (AvgIpc) is 3.13. The first-order chi connectivity index (χ1) is 11.8. The fraction of sp³-hybridized carbons (Fsp3) is 0.444. The van der Waals surface area contributed by atoms with Crippen LogP contribution in [0, 0.1) is 5.92 Å². The predicted octanol–water partition coefficient (Wildman–Crippen LogP) is 2.94. The maximum atomic E-state index is 12.2. The van der Waals surface area contributed by atoms with Crippen LogP contribution in [-0.2, 0) is 0 Å². The number of ether oxygens (including phenoxy) is 1. The van der Waals surface area contributed by atoms with E-state index in [9.17, 15) is 4.79 Å². The molecule has 6 heteroatoms. The Balaban J connectivity index is 1.53. The van der Waals surface area contributed by atoms with Crippen LogP contribution in [0.2, 0.25) is 0 Å². The number of amides is 1. The Bertz CT molecular complexity index is 663. The fourth-order valence-electron chi connectivity index (χ4n) is 2.89. The molecule has 3 rings (SSSR count). The maximum Gasteiger partial charge on any atom is 0.270 e. The van der Waals surface area contributed by atoms with Crippen LogP contribution in [0.15, 0.2) is 29.6 Å². The van der Waals surface area contributed by atoms with Gasteiger partial charge in [-0.05, 0) is 62.5 Å². The molecule has 1 amide bonds. The van der Waals surface area contributed by atoms with E-state index in [0.717, 1.165) is 35.8 Å². The molecule has 0 spiro atoms. The molecule has 1 atom stereocenters. The number of aromatic nitrogens is 1. The van der Waals surface area contributed by atoms with E-state index in [4.69, 9.17) is 4.74 Å². The summed E-state index contributed by atoms with van der Waals surface area (Å²) in [6.07, 6.45) is 3.51. The third kappa shape index (κ3) is 4.33. The predicted molar refractivity (Wildman–Crippen MR) is 96.6 cm³/mol. The minimum absolute atomic E-state index is 0.0882. The van der Waals surface area contributed by atoms with Crippen molar-refractivity contribution in [2.24, 2.45) is 5.92 Å². The molecule has 0 bridgehead atoms. The number of nitrogens with one attached hydrogen (secondary N) is 2. The smallest absolute Gasteiger partial charge is 0.270 e. The normalized spacial score (nSPS) is 17.5. The first-order valence-corrected chi connectivity index (χ1v) is 9.23. The first kappa shape index (κ1) is 16.9. The Morgan fingerprint density at radius 2 is 2.25 bits per heavy atom. The second-order valence-electron chi connectivity index (χ2n) is 6.02. The minimum Gasteiger partial charge on any atom is -0.497 e. The number of hydrogen-bond acceptors (Lipinski definition) is 5. The van der Waals surface area contributed by atoms with Crippen LogP contribution in [0.25, 0.3) is 10.6 Å². The monoisotopic (exact) mass is 345 g/mol. The molecule has 2 aromatic rings. The summed E-state index contributed by atoms with van der Waals surface area (Å²) in [5.41, 5.74) is 1.49. The molecule has 1 aliphatic heterocycles. The van der Waals surface area contributed by atoms with Crippen molar-refractivity contribution in [2.75, 3.05) is 26.7 Å². The maximum absolute atomic E-state index is 12.2. The molecular formula is C18H23N3O2S. The Morgan fingerprint density at radius 1 is 1.42 bits per heavy atom. The van der Waals surface area contributed by atoms with Crippen molar-refractivity contribution in [1.29, 1.82) is 0 Å². The SMILES string of the molecule is COc1ccc(-c2nc(C(=O)NCCC3CCCNC3)cs2)cc1. The van der Waals surface area contributed by atoms with Crippen LogP contribution in [0.5, 0.6) is 5.75 Å². The van der Waals surface area contributed by atoms with E-state index in [1.165, 1.54) is 24.2 Å². The second kappa shape index (κ2) is 8.26. The van der Waals surface area contributed by atoms with E-state index in [0.29, 0.717) is 18.2 Å². The van der Waals surface area contributed by atoms with E-state index in [1.807, 2.05) is 29.6 Å². The molecule has 1 unspecified atom stereocenters. The molecule has 1 saturated heterocycles. The molecular weight excluding hydrogens is 322 g/mol. The van der Waals surface area contributed by atoms with Gasteiger partial charge in [0.25, 0.3) is 5.91 Å². The first-order valence-electron chi connectivity index (χ1n) is 8.35. The molecule has 2 N–H and O–H groups in total. The van der Waals surface area contributed by atoms with Gasteiger partial charge in [0.05, 0.1) is 7.11 Å². The molecule has 128 valence electrons. The molecule has 0 aliphatic carbocycles. The van der Waals surface area contributed by atoms with Crippen molar-refractivity contribution >= 4 is 17.2 Å². The molecule has 1 aliphatic rings. The van der Waals surface area contributed by atoms with Crippen LogP contribution in [0.1, 0.15) is 29.8 Å². The van der Waals surface area contributed by atoms with E-state index in [-0.39, 0.29) is 5.91 Å². The highest BCUT2D eigenvalue weighted by molar-refractivity contribution is 7.13. The molecule has 1 aromatic carbocycles. The number of nitrogens with zero attached hydrogens (tertiary/aromatic N) is 1. The van der Waals surface area contributed by atoms with Gasteiger partial charge in [-0.3, -0.25) is 4.79 Å². The molecule has 0 saturated carbocycles. The van der Waals surface area contributed by atoms with E-state index in [2.05, 4.69) is 15.6 Å². The van der Waals surface area contributed by atoms with Gasteiger partial charge in [-0.2, -0.15) is 0 Å². The lowest BCUT2D eigenvalue weighted by molar-refractivity contribution is 0.0946. The van der Waals surface area contributed by atoms with Crippen molar-refractivity contribution in [3.63, 3.8) is 0 Å². The van der Waals surface area contributed by atoms with Crippen molar-refractivity contribution < 1.29 is 9.53 Å².